The van der Waals surface area contributed by atoms with Crippen molar-refractivity contribution in [2.45, 2.75) is 32.6 Å². The minimum atomic E-state index is 0.903. The first-order chi connectivity index (χ1) is 5.35. The molecule has 0 unspecified atom stereocenters. The van der Waals surface area contributed by atoms with Crippen LogP contribution in [0.4, 0.5) is 0 Å². The second-order valence-electron chi connectivity index (χ2n) is 2.51. The van der Waals surface area contributed by atoms with E-state index in [9.17, 15) is 4.79 Å². The summed E-state index contributed by atoms with van der Waals surface area (Å²) >= 11 is 0. The van der Waals surface area contributed by atoms with Gasteiger partial charge in [-0.2, -0.15) is 0 Å². The molecule has 0 saturated heterocycles. The van der Waals surface area contributed by atoms with Crippen LogP contribution in [0, 0.1) is 0 Å². The van der Waals surface area contributed by atoms with Crippen molar-refractivity contribution in [1.82, 2.24) is 0 Å². The molecule has 0 atom stereocenters. The summed E-state index contributed by atoms with van der Waals surface area (Å²) in [7, 11) is 0. The fourth-order valence-corrected chi connectivity index (χ4v) is 0.884. The molecule has 1 nitrogen and oxygen atoms in total. The van der Waals surface area contributed by atoms with Crippen molar-refractivity contribution < 1.29 is 4.79 Å². The molecule has 0 aromatic rings. The molecule has 0 aliphatic rings. The molecule has 0 N–H and O–H groups in total. The van der Waals surface area contributed by atoms with Gasteiger partial charge in [0.05, 0.1) is 0 Å². The lowest BCUT2D eigenvalue weighted by Crippen LogP contribution is -1.83. The van der Waals surface area contributed by atoms with Gasteiger partial charge in [0, 0.05) is 0 Å². The van der Waals surface area contributed by atoms with Crippen LogP contribution in [0.2, 0.25) is 0 Å². The van der Waals surface area contributed by atoms with Crippen LogP contribution in [0.25, 0.3) is 0 Å². The van der Waals surface area contributed by atoms with Crippen LogP contribution in [-0.2, 0) is 4.79 Å². The zero-order valence-electron chi connectivity index (χ0n) is 7.18. The largest absolute Gasteiger partial charge is 0.298 e. The average Bonchev–Trinajstić information content (AvgIpc) is 2.03. The third-order valence-corrected chi connectivity index (χ3v) is 1.47. The van der Waals surface area contributed by atoms with E-state index in [1.54, 1.807) is 0 Å². The minimum Gasteiger partial charge on any atom is -0.298 e. The van der Waals surface area contributed by atoms with Crippen LogP contribution in [-0.4, -0.2) is 6.29 Å². The lowest BCUT2D eigenvalue weighted by atomic mass is 10.1. The van der Waals surface area contributed by atoms with E-state index in [-0.39, 0.29) is 0 Å². The van der Waals surface area contributed by atoms with E-state index in [4.69, 9.17) is 0 Å². The van der Waals surface area contributed by atoms with Crippen molar-refractivity contribution in [1.29, 1.82) is 0 Å². The highest BCUT2D eigenvalue weighted by Crippen LogP contribution is 2.04. The van der Waals surface area contributed by atoms with Crippen molar-refractivity contribution >= 4 is 6.29 Å². The predicted octanol–water partition coefficient (Wildman–Crippen LogP) is 2.88. The van der Waals surface area contributed by atoms with Crippen LogP contribution in [0.3, 0.4) is 0 Å². The van der Waals surface area contributed by atoms with Crippen LogP contribution >= 0.6 is 0 Å². The predicted molar refractivity (Wildman–Crippen MR) is 48.5 cm³/mol. The summed E-state index contributed by atoms with van der Waals surface area (Å²) in [5.41, 5.74) is 0.925. The second kappa shape index (κ2) is 7.26. The Labute approximate surface area is 68.8 Å². The molecular weight excluding hydrogens is 136 g/mol. The molecule has 0 aliphatic carbocycles. The van der Waals surface area contributed by atoms with Gasteiger partial charge >= 0.3 is 0 Å². The normalized spacial score (nSPS) is 11.2. The summed E-state index contributed by atoms with van der Waals surface area (Å²) in [6.45, 7) is 5.69. The third-order valence-electron chi connectivity index (χ3n) is 1.47. The molecule has 62 valence electrons. The highest BCUT2D eigenvalue weighted by atomic mass is 16.1. The zero-order valence-corrected chi connectivity index (χ0v) is 7.18. The van der Waals surface area contributed by atoms with Gasteiger partial charge in [0.1, 0.15) is 6.29 Å². The Morgan fingerprint density at radius 2 is 2.18 bits per heavy atom. The summed E-state index contributed by atoms with van der Waals surface area (Å²) in [4.78, 5) is 10.4. The van der Waals surface area contributed by atoms with Crippen molar-refractivity contribution in [2.75, 3.05) is 0 Å². The minimum absolute atomic E-state index is 0.903. The monoisotopic (exact) mass is 152 g/mol. The van der Waals surface area contributed by atoms with E-state index >= 15 is 0 Å². The maximum absolute atomic E-state index is 10.4. The molecular formula is C10H16O. The molecule has 0 aromatic heterocycles. The van der Waals surface area contributed by atoms with Gasteiger partial charge in [0.2, 0.25) is 0 Å². The molecule has 0 amide bonds. The maximum Gasteiger partial charge on any atom is 0.145 e. The van der Waals surface area contributed by atoms with E-state index in [0.717, 1.165) is 37.5 Å². The first-order valence-corrected chi connectivity index (χ1v) is 4.10. The Morgan fingerprint density at radius 3 is 2.64 bits per heavy atom. The molecule has 0 aliphatic heterocycles. The van der Waals surface area contributed by atoms with Gasteiger partial charge in [-0.1, -0.05) is 25.5 Å². The highest BCUT2D eigenvalue weighted by molar-refractivity contribution is 5.72. The van der Waals surface area contributed by atoms with E-state index in [2.05, 4.69) is 13.5 Å². The summed E-state index contributed by atoms with van der Waals surface area (Å²) < 4.78 is 0. The highest BCUT2D eigenvalue weighted by Gasteiger charge is 1.90. The number of unbranched alkanes of at least 4 members (excludes halogenated alkanes) is 1. The van der Waals surface area contributed by atoms with Gasteiger partial charge in [-0.15, -0.1) is 6.58 Å². The molecule has 0 rings (SSSR count). The first-order valence-electron chi connectivity index (χ1n) is 4.10. The Morgan fingerprint density at radius 1 is 1.45 bits per heavy atom. The fourth-order valence-electron chi connectivity index (χ4n) is 0.884. The van der Waals surface area contributed by atoms with E-state index in [1.807, 2.05) is 12.2 Å². The van der Waals surface area contributed by atoms with Crippen LogP contribution < -0.4 is 0 Å². The summed E-state index contributed by atoms with van der Waals surface area (Å²) in [5.74, 6) is 0. The molecule has 1 heteroatoms. The number of aldehydes is 1. The average molecular weight is 152 g/mol. The number of allylic oxidation sites excluding steroid dienone is 3. The fraction of sp³-hybridized carbons (Fsp3) is 0.500. The standard InChI is InChI=1S/C10H16O/c1-3-5-6-8-10(9-11)7-4-2/h3,8-9H,1,4-7H2,2H3/b10-8+. The van der Waals surface area contributed by atoms with Crippen molar-refractivity contribution in [3.05, 3.63) is 24.3 Å². The smallest absolute Gasteiger partial charge is 0.145 e. The van der Waals surface area contributed by atoms with Gasteiger partial charge in [-0.05, 0) is 24.8 Å². The van der Waals surface area contributed by atoms with Gasteiger partial charge in [-0.3, -0.25) is 4.79 Å². The van der Waals surface area contributed by atoms with Gasteiger partial charge in [0.15, 0.2) is 0 Å². The molecule has 0 spiro atoms. The molecule has 0 heterocycles. The lowest BCUT2D eigenvalue weighted by molar-refractivity contribution is -0.105. The zero-order chi connectivity index (χ0) is 8.53. The van der Waals surface area contributed by atoms with Gasteiger partial charge < -0.3 is 0 Å². The SMILES string of the molecule is C=CCC/C=C(/C=O)CCC. The maximum atomic E-state index is 10.4. The summed E-state index contributed by atoms with van der Waals surface area (Å²) in [5, 5.41) is 0. The number of rotatable bonds is 6. The molecule has 11 heavy (non-hydrogen) atoms. The van der Waals surface area contributed by atoms with Crippen LogP contribution in [0.5, 0.6) is 0 Å². The number of hydrogen-bond donors (Lipinski definition) is 0. The van der Waals surface area contributed by atoms with Gasteiger partial charge in [0.25, 0.3) is 0 Å². The van der Waals surface area contributed by atoms with Crippen molar-refractivity contribution in [3.63, 3.8) is 0 Å². The van der Waals surface area contributed by atoms with E-state index in [0.29, 0.717) is 0 Å². The summed E-state index contributed by atoms with van der Waals surface area (Å²) in [6.07, 6.45) is 8.66. The lowest BCUT2D eigenvalue weighted by Gasteiger charge is -1.94. The van der Waals surface area contributed by atoms with Crippen LogP contribution in [0.1, 0.15) is 32.6 Å². The first kappa shape index (κ1) is 10.2. The number of hydrogen-bond acceptors (Lipinski definition) is 1. The topological polar surface area (TPSA) is 17.1 Å². The molecule has 0 saturated carbocycles. The molecule has 0 radical (unpaired) electrons. The van der Waals surface area contributed by atoms with Crippen LogP contribution in [0.15, 0.2) is 24.3 Å². The van der Waals surface area contributed by atoms with Gasteiger partial charge in [-0.25, -0.2) is 0 Å². The Balaban J connectivity index is 3.69. The Bertz CT molecular complexity index is 145. The second-order valence-corrected chi connectivity index (χ2v) is 2.51. The quantitative estimate of drug-likeness (QED) is 0.247. The molecule has 0 fully saturated rings. The molecule has 0 aromatic carbocycles. The Hall–Kier alpha value is -0.850. The van der Waals surface area contributed by atoms with E-state index in [1.165, 1.54) is 0 Å². The Kier molecular flexibility index (Phi) is 6.70. The van der Waals surface area contributed by atoms with Crippen molar-refractivity contribution in [3.8, 4) is 0 Å². The summed E-state index contributed by atoms with van der Waals surface area (Å²) in [6, 6.07) is 0. The third kappa shape index (κ3) is 5.59. The van der Waals surface area contributed by atoms with E-state index < -0.39 is 0 Å². The molecule has 0 bridgehead atoms. The van der Waals surface area contributed by atoms with Crippen molar-refractivity contribution in [2.24, 2.45) is 0 Å². The number of carbonyl (C=O) groups is 1. The number of carbonyl (C=O) groups excluding carboxylic acids is 1.